The molecule has 1 saturated carbocycles. The normalized spacial score (nSPS) is 17.2. The molecule has 5 nitrogen and oxygen atoms in total. The van der Waals surface area contributed by atoms with Gasteiger partial charge in [0.05, 0.1) is 23.1 Å². The molecule has 0 unspecified atom stereocenters. The second kappa shape index (κ2) is 7.58. The van der Waals surface area contributed by atoms with E-state index in [1.807, 2.05) is 30.3 Å². The Bertz CT molecular complexity index is 867. The van der Waals surface area contributed by atoms with Crippen LogP contribution in [0, 0.1) is 0 Å². The van der Waals surface area contributed by atoms with Gasteiger partial charge >= 0.3 is 5.97 Å². The minimum absolute atomic E-state index is 0.161. The molecule has 4 rings (SSSR count). The number of amides is 2. The summed E-state index contributed by atoms with van der Waals surface area (Å²) in [5.74, 6) is -0.643. The van der Waals surface area contributed by atoms with Gasteiger partial charge in [-0.3, -0.25) is 19.3 Å². The zero-order valence-electron chi connectivity index (χ0n) is 15.7. The average Bonchev–Trinajstić information content (AvgIpc) is 2.93. The zero-order valence-corrected chi connectivity index (χ0v) is 15.7. The molecule has 0 spiro atoms. The van der Waals surface area contributed by atoms with Crippen molar-refractivity contribution in [1.29, 1.82) is 0 Å². The van der Waals surface area contributed by atoms with Crippen LogP contribution in [0.4, 0.5) is 0 Å². The van der Waals surface area contributed by atoms with Crippen molar-refractivity contribution in [2.45, 2.75) is 37.5 Å². The average molecular weight is 377 g/mol. The van der Waals surface area contributed by atoms with Crippen LogP contribution in [0.15, 0.2) is 54.6 Å². The molecular weight excluding hydrogens is 354 g/mol. The molecule has 0 N–H and O–H groups in total. The van der Waals surface area contributed by atoms with Gasteiger partial charge in [-0.15, -0.1) is 0 Å². The smallest absolute Gasteiger partial charge is 0.316 e. The summed E-state index contributed by atoms with van der Waals surface area (Å²) in [6, 6.07) is 16.7. The van der Waals surface area contributed by atoms with Crippen LogP contribution in [0.2, 0.25) is 0 Å². The van der Waals surface area contributed by atoms with E-state index >= 15 is 0 Å². The fourth-order valence-electron chi connectivity index (χ4n) is 4.02. The maximum Gasteiger partial charge on any atom is 0.316 e. The third-order valence-electron chi connectivity index (χ3n) is 5.81. The Balaban J connectivity index is 1.26. The number of carbonyl (C=O) groups excluding carboxylic acids is 3. The van der Waals surface area contributed by atoms with Crippen LogP contribution in [0.3, 0.4) is 0 Å². The minimum Gasteiger partial charge on any atom is -0.465 e. The van der Waals surface area contributed by atoms with E-state index in [1.165, 1.54) is 4.90 Å². The lowest BCUT2D eigenvalue weighted by atomic mass is 9.64. The maximum absolute atomic E-state index is 12.7. The topological polar surface area (TPSA) is 63.7 Å². The predicted octanol–water partition coefficient (Wildman–Crippen LogP) is 3.73. The molecule has 0 radical (unpaired) electrons. The first-order chi connectivity index (χ1) is 13.6. The Morgan fingerprint density at radius 3 is 2.07 bits per heavy atom. The third-order valence-corrected chi connectivity index (χ3v) is 5.81. The lowest BCUT2D eigenvalue weighted by Crippen LogP contribution is -2.43. The van der Waals surface area contributed by atoms with E-state index in [4.69, 9.17) is 4.74 Å². The number of imide groups is 1. The molecule has 0 saturated heterocycles. The highest BCUT2D eigenvalue weighted by molar-refractivity contribution is 6.21. The van der Waals surface area contributed by atoms with Crippen LogP contribution in [-0.2, 0) is 14.9 Å². The molecular formula is C23H23NO4. The van der Waals surface area contributed by atoms with E-state index in [0.717, 1.165) is 24.8 Å². The summed E-state index contributed by atoms with van der Waals surface area (Å²) < 4.78 is 5.56. The van der Waals surface area contributed by atoms with Crippen molar-refractivity contribution in [3.63, 3.8) is 0 Å². The summed E-state index contributed by atoms with van der Waals surface area (Å²) in [7, 11) is 0. The number of benzene rings is 2. The molecule has 2 aliphatic rings. The monoisotopic (exact) mass is 377 g/mol. The van der Waals surface area contributed by atoms with Crippen LogP contribution in [-0.4, -0.2) is 35.8 Å². The van der Waals surface area contributed by atoms with Crippen molar-refractivity contribution in [3.05, 3.63) is 71.3 Å². The number of hydrogen-bond donors (Lipinski definition) is 0. The van der Waals surface area contributed by atoms with Crippen LogP contribution < -0.4 is 0 Å². The highest BCUT2D eigenvalue weighted by Gasteiger charge is 2.46. The van der Waals surface area contributed by atoms with Gasteiger partial charge in [0.25, 0.3) is 11.8 Å². The van der Waals surface area contributed by atoms with Crippen molar-refractivity contribution in [2.24, 2.45) is 0 Å². The Hall–Kier alpha value is -2.95. The maximum atomic E-state index is 12.7. The predicted molar refractivity (Wildman–Crippen MR) is 104 cm³/mol. The molecule has 0 bridgehead atoms. The van der Waals surface area contributed by atoms with Crippen LogP contribution >= 0.6 is 0 Å². The highest BCUT2D eigenvalue weighted by atomic mass is 16.5. The molecule has 2 amide bonds. The first kappa shape index (κ1) is 18.4. The number of ether oxygens (including phenoxy) is 1. The van der Waals surface area contributed by atoms with E-state index in [9.17, 15) is 14.4 Å². The Labute approximate surface area is 164 Å². The molecule has 1 aliphatic heterocycles. The number of esters is 1. The lowest BCUT2D eigenvalue weighted by molar-refractivity contribution is -0.154. The largest absolute Gasteiger partial charge is 0.465 e. The quantitative estimate of drug-likeness (QED) is 0.419. The van der Waals surface area contributed by atoms with Crippen molar-refractivity contribution < 1.29 is 19.1 Å². The molecule has 2 aromatic rings. The highest BCUT2D eigenvalue weighted by Crippen LogP contribution is 2.44. The molecule has 144 valence electrons. The van der Waals surface area contributed by atoms with E-state index in [0.29, 0.717) is 37.1 Å². The van der Waals surface area contributed by atoms with Crippen LogP contribution in [0.1, 0.15) is 58.4 Å². The summed E-state index contributed by atoms with van der Waals surface area (Å²) >= 11 is 0. The molecule has 1 aliphatic carbocycles. The van der Waals surface area contributed by atoms with E-state index in [2.05, 4.69) is 0 Å². The SMILES string of the molecule is O=C1c2ccccc2C(=O)N1CCCCOC(=O)C1(c2ccccc2)CCC1. The van der Waals surface area contributed by atoms with E-state index < -0.39 is 5.41 Å². The van der Waals surface area contributed by atoms with Gasteiger partial charge < -0.3 is 4.74 Å². The lowest BCUT2D eigenvalue weighted by Gasteiger charge is -2.39. The van der Waals surface area contributed by atoms with E-state index in [-0.39, 0.29) is 17.8 Å². The van der Waals surface area contributed by atoms with Crippen molar-refractivity contribution >= 4 is 17.8 Å². The van der Waals surface area contributed by atoms with Gasteiger partial charge in [0.15, 0.2) is 0 Å². The van der Waals surface area contributed by atoms with Gasteiger partial charge in [-0.2, -0.15) is 0 Å². The molecule has 2 aromatic carbocycles. The van der Waals surface area contributed by atoms with Crippen molar-refractivity contribution in [3.8, 4) is 0 Å². The summed E-state index contributed by atoms with van der Waals surface area (Å²) in [6.45, 7) is 0.643. The summed E-state index contributed by atoms with van der Waals surface area (Å²) in [4.78, 5) is 38.6. The standard InChI is InChI=1S/C23H23NO4/c25-20-18-11-4-5-12-19(18)21(26)24(20)15-6-7-16-28-22(27)23(13-8-14-23)17-9-2-1-3-10-17/h1-5,9-12H,6-8,13-16H2. The molecule has 28 heavy (non-hydrogen) atoms. The number of nitrogens with zero attached hydrogens (tertiary/aromatic N) is 1. The number of fused-ring (bicyclic) bond motifs is 1. The molecule has 5 heteroatoms. The number of rotatable bonds is 7. The van der Waals surface area contributed by atoms with Gasteiger partial charge in [-0.1, -0.05) is 48.9 Å². The van der Waals surface area contributed by atoms with Gasteiger partial charge in [-0.25, -0.2) is 0 Å². The Morgan fingerprint density at radius 2 is 1.50 bits per heavy atom. The second-order valence-electron chi connectivity index (χ2n) is 7.45. The Kier molecular flexibility index (Phi) is 4.99. The summed E-state index contributed by atoms with van der Waals surface area (Å²) in [5.41, 5.74) is 1.46. The first-order valence-electron chi connectivity index (χ1n) is 9.81. The van der Waals surface area contributed by atoms with Crippen LogP contribution in [0.25, 0.3) is 0 Å². The van der Waals surface area contributed by atoms with Crippen molar-refractivity contribution in [2.75, 3.05) is 13.2 Å². The third kappa shape index (κ3) is 3.11. The molecule has 1 fully saturated rings. The number of carbonyl (C=O) groups is 3. The van der Waals surface area contributed by atoms with Crippen molar-refractivity contribution in [1.82, 2.24) is 4.90 Å². The van der Waals surface area contributed by atoms with Gasteiger partial charge in [0.1, 0.15) is 0 Å². The number of hydrogen-bond acceptors (Lipinski definition) is 4. The minimum atomic E-state index is -0.496. The fourth-order valence-corrected chi connectivity index (χ4v) is 4.02. The summed E-state index contributed by atoms with van der Waals surface area (Å²) in [5, 5.41) is 0. The first-order valence-corrected chi connectivity index (χ1v) is 9.81. The van der Waals surface area contributed by atoms with Gasteiger partial charge in [0, 0.05) is 6.54 Å². The van der Waals surface area contributed by atoms with Crippen LogP contribution in [0.5, 0.6) is 0 Å². The fraction of sp³-hybridized carbons (Fsp3) is 0.348. The second-order valence-corrected chi connectivity index (χ2v) is 7.45. The number of unbranched alkanes of at least 4 members (excludes halogenated alkanes) is 1. The van der Waals surface area contributed by atoms with Gasteiger partial charge in [-0.05, 0) is 43.4 Å². The molecule has 1 heterocycles. The molecule has 0 aromatic heterocycles. The Morgan fingerprint density at radius 1 is 0.893 bits per heavy atom. The summed E-state index contributed by atoms with van der Waals surface area (Å²) in [6.07, 6.45) is 3.90. The van der Waals surface area contributed by atoms with E-state index in [1.54, 1.807) is 24.3 Å². The zero-order chi connectivity index (χ0) is 19.6. The molecule has 0 atom stereocenters. The van der Waals surface area contributed by atoms with Gasteiger partial charge in [0.2, 0.25) is 0 Å².